The van der Waals surface area contributed by atoms with Crippen LogP contribution < -0.4 is 4.72 Å². The molecule has 2 N–H and O–H groups in total. The Morgan fingerprint density at radius 2 is 2.17 bits per heavy atom. The smallest absolute Gasteiger partial charge is 0.304 e. The lowest BCUT2D eigenvalue weighted by molar-refractivity contribution is -0.136. The second kappa shape index (κ2) is 5.82. The molecule has 96 valence electrons. The van der Waals surface area contributed by atoms with Gasteiger partial charge in [0.1, 0.15) is 11.0 Å². The molecule has 0 heterocycles. The monoisotopic (exact) mass is 288 g/mol. The van der Waals surface area contributed by atoms with Crippen LogP contribution in [-0.2, 0) is 14.8 Å². The Kier molecular flexibility index (Phi) is 4.67. The van der Waals surface area contributed by atoms with Crippen LogP contribution in [0.2, 0.25) is 5.02 Å². The van der Waals surface area contributed by atoms with Crippen molar-refractivity contribution in [3.63, 3.8) is 0 Å². The fourth-order valence-corrected chi connectivity index (χ4v) is 2.63. The van der Waals surface area contributed by atoms with Gasteiger partial charge < -0.3 is 5.11 Å². The second-order valence-electron chi connectivity index (χ2n) is 3.29. The predicted octanol–water partition coefficient (Wildman–Crippen LogP) is 0.965. The highest BCUT2D eigenvalue weighted by atomic mass is 35.5. The van der Waals surface area contributed by atoms with Gasteiger partial charge >= 0.3 is 5.97 Å². The average Bonchev–Trinajstić information content (AvgIpc) is 2.28. The van der Waals surface area contributed by atoms with Crippen LogP contribution in [0.4, 0.5) is 0 Å². The zero-order valence-electron chi connectivity index (χ0n) is 9.05. The van der Waals surface area contributed by atoms with Crippen LogP contribution in [-0.4, -0.2) is 26.0 Å². The van der Waals surface area contributed by atoms with Gasteiger partial charge in [0, 0.05) is 11.6 Å². The Balaban J connectivity index is 3.01. The van der Waals surface area contributed by atoms with Crippen molar-refractivity contribution in [2.24, 2.45) is 0 Å². The molecule has 0 amide bonds. The molecule has 0 unspecified atom stereocenters. The fourth-order valence-electron chi connectivity index (χ4n) is 1.18. The highest BCUT2D eigenvalue weighted by Crippen LogP contribution is 2.20. The van der Waals surface area contributed by atoms with E-state index in [9.17, 15) is 13.2 Å². The van der Waals surface area contributed by atoms with Crippen molar-refractivity contribution in [1.82, 2.24) is 4.72 Å². The number of halogens is 1. The number of aliphatic carboxylic acids is 1. The number of carbonyl (C=O) groups is 1. The van der Waals surface area contributed by atoms with E-state index in [-0.39, 0.29) is 28.4 Å². The lowest BCUT2D eigenvalue weighted by Crippen LogP contribution is -2.27. The summed E-state index contributed by atoms with van der Waals surface area (Å²) in [5.41, 5.74) is -0.0535. The normalized spacial score (nSPS) is 10.9. The lowest BCUT2D eigenvalue weighted by atomic mass is 10.2. The minimum absolute atomic E-state index is 0.0535. The third-order valence-corrected chi connectivity index (χ3v) is 3.72. The first-order chi connectivity index (χ1) is 8.36. The summed E-state index contributed by atoms with van der Waals surface area (Å²) in [4.78, 5) is 10.0. The molecule has 0 saturated heterocycles. The first-order valence-corrected chi connectivity index (χ1v) is 6.64. The van der Waals surface area contributed by atoms with Crippen molar-refractivity contribution in [3.8, 4) is 6.07 Å². The van der Waals surface area contributed by atoms with E-state index in [2.05, 4.69) is 4.72 Å². The van der Waals surface area contributed by atoms with Crippen molar-refractivity contribution < 1.29 is 18.3 Å². The minimum Gasteiger partial charge on any atom is -0.481 e. The van der Waals surface area contributed by atoms with Crippen LogP contribution in [0.15, 0.2) is 23.1 Å². The van der Waals surface area contributed by atoms with Crippen LogP contribution in [0.25, 0.3) is 0 Å². The molecule has 1 rings (SSSR count). The lowest BCUT2D eigenvalue weighted by Gasteiger charge is -2.07. The quantitative estimate of drug-likeness (QED) is 0.839. The minimum atomic E-state index is -3.94. The highest BCUT2D eigenvalue weighted by Gasteiger charge is 2.19. The van der Waals surface area contributed by atoms with Gasteiger partial charge in [-0.1, -0.05) is 11.6 Å². The molecule has 0 bridgehead atoms. The maximum Gasteiger partial charge on any atom is 0.304 e. The Morgan fingerprint density at radius 3 is 2.72 bits per heavy atom. The zero-order chi connectivity index (χ0) is 13.8. The zero-order valence-corrected chi connectivity index (χ0v) is 10.6. The van der Waals surface area contributed by atoms with Gasteiger partial charge in [-0.15, -0.1) is 0 Å². The number of hydrogen-bond donors (Lipinski definition) is 2. The first kappa shape index (κ1) is 14.4. The number of carboxylic acids is 1. The van der Waals surface area contributed by atoms with E-state index in [1.807, 2.05) is 0 Å². The van der Waals surface area contributed by atoms with E-state index in [4.69, 9.17) is 22.0 Å². The molecular weight excluding hydrogens is 280 g/mol. The number of sulfonamides is 1. The van der Waals surface area contributed by atoms with Gasteiger partial charge in [0.05, 0.1) is 12.0 Å². The summed E-state index contributed by atoms with van der Waals surface area (Å²) in [5.74, 6) is -1.12. The van der Waals surface area contributed by atoms with E-state index < -0.39 is 16.0 Å². The highest BCUT2D eigenvalue weighted by molar-refractivity contribution is 7.89. The molecular formula is C10H9ClN2O4S. The molecule has 1 aromatic carbocycles. The molecule has 1 aromatic rings. The standard InChI is InChI=1S/C10H9ClN2O4S/c11-8-2-1-7(6-12)9(5-8)18(16,17)13-4-3-10(14)15/h1-2,5,13H,3-4H2,(H,14,15). The van der Waals surface area contributed by atoms with Crippen molar-refractivity contribution in [2.45, 2.75) is 11.3 Å². The van der Waals surface area contributed by atoms with Crippen molar-refractivity contribution in [2.75, 3.05) is 6.54 Å². The van der Waals surface area contributed by atoms with Gasteiger partial charge in [0.2, 0.25) is 10.0 Å². The van der Waals surface area contributed by atoms with E-state index in [1.54, 1.807) is 6.07 Å². The Bertz CT molecular complexity index is 607. The molecule has 0 spiro atoms. The Labute approximate surface area is 109 Å². The van der Waals surface area contributed by atoms with E-state index in [0.717, 1.165) is 6.07 Å². The predicted molar refractivity (Wildman–Crippen MR) is 63.6 cm³/mol. The first-order valence-electron chi connectivity index (χ1n) is 4.78. The molecule has 0 fully saturated rings. The molecule has 0 atom stereocenters. The number of hydrogen-bond acceptors (Lipinski definition) is 4. The van der Waals surface area contributed by atoms with Gasteiger partial charge in [0.15, 0.2) is 0 Å². The van der Waals surface area contributed by atoms with Crippen LogP contribution in [0.5, 0.6) is 0 Å². The molecule has 0 aliphatic rings. The van der Waals surface area contributed by atoms with Gasteiger partial charge in [-0.25, -0.2) is 13.1 Å². The van der Waals surface area contributed by atoms with Crippen molar-refractivity contribution >= 4 is 27.6 Å². The van der Waals surface area contributed by atoms with Crippen LogP contribution >= 0.6 is 11.6 Å². The summed E-state index contributed by atoms with van der Waals surface area (Å²) in [6.07, 6.45) is -0.346. The number of benzene rings is 1. The topological polar surface area (TPSA) is 107 Å². The summed E-state index contributed by atoms with van der Waals surface area (Å²) in [6.45, 7) is -0.255. The van der Waals surface area contributed by atoms with Gasteiger partial charge in [-0.2, -0.15) is 5.26 Å². The second-order valence-corrected chi connectivity index (χ2v) is 5.47. The van der Waals surface area contributed by atoms with Crippen molar-refractivity contribution in [1.29, 1.82) is 5.26 Å². The summed E-state index contributed by atoms with van der Waals surface area (Å²) in [7, 11) is -3.94. The van der Waals surface area contributed by atoms with Crippen molar-refractivity contribution in [3.05, 3.63) is 28.8 Å². The number of nitrogens with zero attached hydrogens (tertiary/aromatic N) is 1. The largest absolute Gasteiger partial charge is 0.481 e. The SMILES string of the molecule is N#Cc1ccc(Cl)cc1S(=O)(=O)NCCC(=O)O. The third-order valence-electron chi connectivity index (χ3n) is 1.98. The molecule has 0 saturated carbocycles. The maximum absolute atomic E-state index is 11.8. The summed E-state index contributed by atoms with van der Waals surface area (Å²) >= 11 is 5.67. The molecule has 0 aromatic heterocycles. The van der Waals surface area contributed by atoms with Crippen LogP contribution in [0.3, 0.4) is 0 Å². The Hall–Kier alpha value is -1.62. The molecule has 18 heavy (non-hydrogen) atoms. The van der Waals surface area contributed by atoms with Crippen LogP contribution in [0, 0.1) is 11.3 Å². The fraction of sp³-hybridized carbons (Fsp3) is 0.200. The number of nitrogens with one attached hydrogen (secondary N) is 1. The molecule has 0 aliphatic carbocycles. The van der Waals surface area contributed by atoms with Gasteiger partial charge in [-0.05, 0) is 18.2 Å². The maximum atomic E-state index is 11.8. The number of carboxylic acid groups (broad SMARTS) is 1. The van der Waals surface area contributed by atoms with E-state index in [1.165, 1.54) is 12.1 Å². The molecule has 6 nitrogen and oxygen atoms in total. The molecule has 8 heteroatoms. The third kappa shape index (κ3) is 3.70. The van der Waals surface area contributed by atoms with Gasteiger partial charge in [0.25, 0.3) is 0 Å². The Morgan fingerprint density at radius 1 is 1.50 bits per heavy atom. The van der Waals surface area contributed by atoms with Gasteiger partial charge in [-0.3, -0.25) is 4.79 Å². The summed E-state index contributed by atoms with van der Waals surface area (Å²) in [5, 5.41) is 17.4. The van der Waals surface area contributed by atoms with E-state index >= 15 is 0 Å². The summed E-state index contributed by atoms with van der Waals surface area (Å²) < 4.78 is 25.8. The van der Waals surface area contributed by atoms with Crippen LogP contribution in [0.1, 0.15) is 12.0 Å². The number of nitriles is 1. The molecule has 0 aliphatic heterocycles. The average molecular weight is 289 g/mol. The van der Waals surface area contributed by atoms with E-state index in [0.29, 0.717) is 0 Å². The summed E-state index contributed by atoms with van der Waals surface area (Å²) in [6, 6.07) is 5.56. The molecule has 0 radical (unpaired) electrons. The number of rotatable bonds is 5.